The number of nitrogens with zero attached hydrogens (tertiary/aromatic N) is 2. The number of amides is 1. The van der Waals surface area contributed by atoms with Crippen molar-refractivity contribution in [2.75, 3.05) is 33.2 Å². The number of hydrogen-bond acceptors (Lipinski definition) is 3. The fourth-order valence-corrected chi connectivity index (χ4v) is 3.21. The van der Waals surface area contributed by atoms with Gasteiger partial charge in [-0.2, -0.15) is 0 Å². The molecule has 0 spiro atoms. The number of rotatable bonds is 3. The molecule has 0 atom stereocenters. The average Bonchev–Trinajstić information content (AvgIpc) is 2.57. The van der Waals surface area contributed by atoms with Gasteiger partial charge in [0.15, 0.2) is 0 Å². The lowest BCUT2D eigenvalue weighted by molar-refractivity contribution is -0.132. The van der Waals surface area contributed by atoms with Gasteiger partial charge in [-0.25, -0.2) is 0 Å². The van der Waals surface area contributed by atoms with E-state index in [4.69, 9.17) is 0 Å². The number of benzene rings is 1. The van der Waals surface area contributed by atoms with Gasteiger partial charge in [0.2, 0.25) is 5.91 Å². The van der Waals surface area contributed by atoms with E-state index in [0.717, 1.165) is 48.2 Å². The van der Waals surface area contributed by atoms with Gasteiger partial charge in [-0.1, -0.05) is 12.1 Å². The first-order valence-corrected chi connectivity index (χ1v) is 8.54. The third kappa shape index (κ3) is 3.36. The van der Waals surface area contributed by atoms with E-state index in [1.807, 2.05) is 30.9 Å². The van der Waals surface area contributed by atoms with Gasteiger partial charge < -0.3 is 14.8 Å². The smallest absolute Gasteiger partial charge is 0.251 e. The van der Waals surface area contributed by atoms with Crippen molar-refractivity contribution in [3.05, 3.63) is 45.2 Å². The first-order valence-electron chi connectivity index (χ1n) is 8.54. The molecule has 1 aromatic heterocycles. The largest absolute Gasteiger partial charge is 0.340 e. The van der Waals surface area contributed by atoms with E-state index in [-0.39, 0.29) is 11.5 Å². The number of nitrogens with one attached hydrogen (secondary N) is 1. The van der Waals surface area contributed by atoms with Crippen LogP contribution >= 0.6 is 0 Å². The van der Waals surface area contributed by atoms with Crippen molar-refractivity contribution >= 4 is 16.8 Å². The minimum absolute atomic E-state index is 0.0811. The van der Waals surface area contributed by atoms with Crippen LogP contribution in [0.3, 0.4) is 0 Å². The number of hydrogen-bond donors (Lipinski definition) is 1. The molecule has 24 heavy (non-hydrogen) atoms. The maximum Gasteiger partial charge on any atom is 0.251 e. The Morgan fingerprint density at radius 3 is 2.58 bits per heavy atom. The van der Waals surface area contributed by atoms with Crippen LogP contribution in [0, 0.1) is 13.8 Å². The van der Waals surface area contributed by atoms with E-state index in [2.05, 4.69) is 23.0 Å². The third-order valence-electron chi connectivity index (χ3n) is 5.09. The van der Waals surface area contributed by atoms with E-state index < -0.39 is 0 Å². The Labute approximate surface area is 142 Å². The van der Waals surface area contributed by atoms with Crippen LogP contribution in [0.15, 0.2) is 23.0 Å². The molecule has 0 bridgehead atoms. The molecule has 1 amide bonds. The van der Waals surface area contributed by atoms with Gasteiger partial charge in [-0.05, 0) is 49.9 Å². The normalized spacial score (nSPS) is 15.9. The number of aryl methyl sites for hydroxylation is 3. The topological polar surface area (TPSA) is 56.4 Å². The van der Waals surface area contributed by atoms with Crippen LogP contribution in [0.2, 0.25) is 0 Å². The van der Waals surface area contributed by atoms with Crippen LogP contribution in [-0.2, 0) is 11.2 Å². The van der Waals surface area contributed by atoms with Crippen molar-refractivity contribution in [2.45, 2.75) is 26.7 Å². The van der Waals surface area contributed by atoms with Crippen LogP contribution in [0.1, 0.15) is 23.1 Å². The Balaban J connectivity index is 1.73. The summed E-state index contributed by atoms with van der Waals surface area (Å²) in [7, 11) is 2.07. The summed E-state index contributed by atoms with van der Waals surface area (Å²) in [5.41, 5.74) is 3.77. The number of aromatic amines is 1. The molecule has 1 aliphatic heterocycles. The van der Waals surface area contributed by atoms with Gasteiger partial charge >= 0.3 is 0 Å². The van der Waals surface area contributed by atoms with Crippen LogP contribution in [0.5, 0.6) is 0 Å². The van der Waals surface area contributed by atoms with Crippen molar-refractivity contribution in [3.8, 4) is 0 Å². The lowest BCUT2D eigenvalue weighted by atomic mass is 10.0. The second-order valence-electron chi connectivity index (χ2n) is 6.78. The summed E-state index contributed by atoms with van der Waals surface area (Å²) < 4.78 is 0. The maximum absolute atomic E-state index is 12.3. The first kappa shape index (κ1) is 16.7. The zero-order valence-corrected chi connectivity index (χ0v) is 14.7. The molecule has 5 nitrogen and oxygen atoms in total. The first-order chi connectivity index (χ1) is 11.5. The fourth-order valence-electron chi connectivity index (χ4n) is 3.21. The number of carbonyl (C=O) groups is 1. The highest BCUT2D eigenvalue weighted by Gasteiger charge is 2.19. The summed E-state index contributed by atoms with van der Waals surface area (Å²) in [5.74, 6) is 0.141. The number of carbonyl (C=O) groups excluding carboxylic acids is 1. The quantitative estimate of drug-likeness (QED) is 0.936. The molecule has 0 aliphatic carbocycles. The summed E-state index contributed by atoms with van der Waals surface area (Å²) in [5, 5.41) is 1.03. The van der Waals surface area contributed by atoms with Crippen LogP contribution in [-0.4, -0.2) is 53.9 Å². The SMILES string of the molecule is Cc1ccc2cc(CCC(=O)N3CCN(C)CC3)c(=O)[nH]c2c1C. The Morgan fingerprint density at radius 1 is 1.17 bits per heavy atom. The molecule has 0 unspecified atom stereocenters. The molecule has 2 aromatic rings. The molecule has 1 N–H and O–H groups in total. The number of likely N-dealkylation sites (N-methyl/N-ethyl adjacent to an activating group) is 1. The molecule has 128 valence electrons. The van der Waals surface area contributed by atoms with Crippen LogP contribution < -0.4 is 5.56 Å². The molecular formula is C19H25N3O2. The predicted octanol–water partition coefficient (Wildman–Crippen LogP) is 1.85. The minimum Gasteiger partial charge on any atom is -0.340 e. The highest BCUT2D eigenvalue weighted by atomic mass is 16.2. The van der Waals surface area contributed by atoms with Crippen molar-refractivity contribution in [2.24, 2.45) is 0 Å². The minimum atomic E-state index is -0.0811. The highest BCUT2D eigenvalue weighted by Crippen LogP contribution is 2.19. The molecule has 5 heteroatoms. The molecule has 0 radical (unpaired) electrons. The number of fused-ring (bicyclic) bond motifs is 1. The zero-order chi connectivity index (χ0) is 17.3. The summed E-state index contributed by atoms with van der Waals surface area (Å²) in [6.07, 6.45) is 0.881. The standard InChI is InChI=1S/C19H25N3O2/c1-13-4-5-15-12-16(19(24)20-18(15)14(13)2)6-7-17(23)22-10-8-21(3)9-11-22/h4-5,12H,6-11H2,1-3H3,(H,20,24). The maximum atomic E-state index is 12.3. The zero-order valence-electron chi connectivity index (χ0n) is 14.7. The number of aromatic nitrogens is 1. The lowest BCUT2D eigenvalue weighted by Gasteiger charge is -2.32. The summed E-state index contributed by atoms with van der Waals surface area (Å²) >= 11 is 0. The average molecular weight is 327 g/mol. The Hall–Kier alpha value is -2.14. The molecule has 2 heterocycles. The monoisotopic (exact) mass is 327 g/mol. The summed E-state index contributed by atoms with van der Waals surface area (Å²) in [6, 6.07) is 6.02. The van der Waals surface area contributed by atoms with E-state index in [0.29, 0.717) is 18.4 Å². The van der Waals surface area contributed by atoms with Gasteiger partial charge in [-0.3, -0.25) is 9.59 Å². The summed E-state index contributed by atoms with van der Waals surface area (Å²) in [6.45, 7) is 7.45. The Kier molecular flexibility index (Phi) is 4.71. The second-order valence-corrected chi connectivity index (χ2v) is 6.78. The molecule has 1 aliphatic rings. The van der Waals surface area contributed by atoms with Crippen molar-refractivity contribution < 1.29 is 4.79 Å². The van der Waals surface area contributed by atoms with Crippen LogP contribution in [0.4, 0.5) is 0 Å². The van der Waals surface area contributed by atoms with Crippen LogP contribution in [0.25, 0.3) is 10.9 Å². The van der Waals surface area contributed by atoms with E-state index >= 15 is 0 Å². The predicted molar refractivity (Wildman–Crippen MR) is 96.4 cm³/mol. The van der Waals surface area contributed by atoms with Crippen molar-refractivity contribution in [1.82, 2.24) is 14.8 Å². The highest BCUT2D eigenvalue weighted by molar-refractivity contribution is 5.83. The van der Waals surface area contributed by atoms with Gasteiger partial charge in [-0.15, -0.1) is 0 Å². The van der Waals surface area contributed by atoms with E-state index in [1.165, 1.54) is 0 Å². The molecule has 1 fully saturated rings. The van der Waals surface area contributed by atoms with Gasteiger partial charge in [0, 0.05) is 38.2 Å². The Bertz CT molecular complexity index is 817. The molecule has 1 saturated heterocycles. The van der Waals surface area contributed by atoms with E-state index in [9.17, 15) is 9.59 Å². The molecule has 0 saturated carbocycles. The Morgan fingerprint density at radius 2 is 1.88 bits per heavy atom. The third-order valence-corrected chi connectivity index (χ3v) is 5.09. The van der Waals surface area contributed by atoms with Crippen molar-refractivity contribution in [1.29, 1.82) is 0 Å². The molecular weight excluding hydrogens is 302 g/mol. The molecule has 1 aromatic carbocycles. The van der Waals surface area contributed by atoms with Gasteiger partial charge in [0.05, 0.1) is 5.52 Å². The number of H-pyrrole nitrogens is 1. The van der Waals surface area contributed by atoms with Crippen molar-refractivity contribution in [3.63, 3.8) is 0 Å². The van der Waals surface area contributed by atoms with Gasteiger partial charge in [0.25, 0.3) is 5.56 Å². The number of pyridine rings is 1. The number of piperazine rings is 1. The fraction of sp³-hybridized carbons (Fsp3) is 0.474. The van der Waals surface area contributed by atoms with Gasteiger partial charge in [0.1, 0.15) is 0 Å². The molecule has 3 rings (SSSR count). The van der Waals surface area contributed by atoms with E-state index in [1.54, 1.807) is 0 Å². The summed E-state index contributed by atoms with van der Waals surface area (Å²) in [4.78, 5) is 31.8. The lowest BCUT2D eigenvalue weighted by Crippen LogP contribution is -2.47. The second kappa shape index (κ2) is 6.77.